The first-order chi connectivity index (χ1) is 4.34. The minimum Gasteiger partial charge on any atom is -0.367 e. The second-order valence-electron chi connectivity index (χ2n) is 1.51. The average molecular weight is 125 g/mol. The van der Waals surface area contributed by atoms with Crippen LogP contribution in [0, 0.1) is 0 Å². The summed E-state index contributed by atoms with van der Waals surface area (Å²) in [6.45, 7) is 4.06. The molecular formula is C4H7N5. The van der Waals surface area contributed by atoms with Crippen LogP contribution in [0.5, 0.6) is 0 Å². The molecule has 0 aliphatic carbocycles. The Kier molecular flexibility index (Phi) is 1.44. The fraction of sp³-hybridized carbons (Fsp3) is 0.250. The van der Waals surface area contributed by atoms with E-state index in [1.54, 1.807) is 6.08 Å². The van der Waals surface area contributed by atoms with E-state index < -0.39 is 0 Å². The topological polar surface area (TPSA) is 69.6 Å². The lowest BCUT2D eigenvalue weighted by Crippen LogP contribution is -2.02. The summed E-state index contributed by atoms with van der Waals surface area (Å²) < 4.78 is 1.45. The molecule has 5 heteroatoms. The number of tetrazole rings is 1. The SMILES string of the molecule is C=CCn1nnnc1N. The molecule has 0 aromatic carbocycles. The Labute approximate surface area is 52.2 Å². The van der Waals surface area contributed by atoms with Crippen molar-refractivity contribution >= 4 is 5.95 Å². The number of allylic oxidation sites excluding steroid dienone is 1. The molecule has 2 N–H and O–H groups in total. The van der Waals surface area contributed by atoms with Crippen molar-refractivity contribution in [2.75, 3.05) is 5.73 Å². The molecule has 1 aromatic heterocycles. The molecule has 48 valence electrons. The van der Waals surface area contributed by atoms with Crippen LogP contribution in [0.1, 0.15) is 0 Å². The van der Waals surface area contributed by atoms with E-state index in [1.165, 1.54) is 4.68 Å². The van der Waals surface area contributed by atoms with Crippen LogP contribution in [-0.4, -0.2) is 20.2 Å². The third-order valence-corrected chi connectivity index (χ3v) is 0.862. The fourth-order valence-electron chi connectivity index (χ4n) is 0.464. The maximum atomic E-state index is 5.31. The quantitative estimate of drug-likeness (QED) is 0.538. The van der Waals surface area contributed by atoms with Crippen LogP contribution in [-0.2, 0) is 6.54 Å². The van der Waals surface area contributed by atoms with Crippen molar-refractivity contribution in [3.8, 4) is 0 Å². The molecule has 0 fully saturated rings. The number of anilines is 1. The number of nitrogens with two attached hydrogens (primary N) is 1. The number of aromatic nitrogens is 4. The van der Waals surface area contributed by atoms with Gasteiger partial charge in [0.15, 0.2) is 0 Å². The van der Waals surface area contributed by atoms with Gasteiger partial charge >= 0.3 is 0 Å². The monoisotopic (exact) mass is 125 g/mol. The normalized spacial score (nSPS) is 9.33. The lowest BCUT2D eigenvalue weighted by Gasteiger charge is -1.91. The standard InChI is InChI=1S/C4H7N5/c1-2-3-9-4(5)6-7-8-9/h2H,1,3H2,(H2,5,6,8). The first kappa shape index (κ1) is 5.74. The Morgan fingerprint density at radius 1 is 1.78 bits per heavy atom. The van der Waals surface area contributed by atoms with E-state index in [0.717, 1.165) is 0 Å². The highest BCUT2D eigenvalue weighted by atomic mass is 15.6. The summed E-state index contributed by atoms with van der Waals surface area (Å²) in [5.74, 6) is 0.315. The molecule has 0 bridgehead atoms. The summed E-state index contributed by atoms with van der Waals surface area (Å²) in [7, 11) is 0. The van der Waals surface area contributed by atoms with Crippen molar-refractivity contribution in [3.05, 3.63) is 12.7 Å². The van der Waals surface area contributed by atoms with Gasteiger partial charge in [0.2, 0.25) is 5.95 Å². The predicted octanol–water partition coefficient (Wildman–Crippen LogP) is -0.559. The van der Waals surface area contributed by atoms with Crippen molar-refractivity contribution in [2.24, 2.45) is 0 Å². The van der Waals surface area contributed by atoms with Gasteiger partial charge in [0.25, 0.3) is 0 Å². The summed E-state index contributed by atoms with van der Waals surface area (Å²) in [6.07, 6.45) is 1.67. The van der Waals surface area contributed by atoms with Gasteiger partial charge in [-0.05, 0) is 10.4 Å². The van der Waals surface area contributed by atoms with E-state index in [2.05, 4.69) is 22.1 Å². The molecule has 5 nitrogen and oxygen atoms in total. The van der Waals surface area contributed by atoms with Crippen molar-refractivity contribution in [1.29, 1.82) is 0 Å². The molecule has 0 saturated heterocycles. The molecule has 0 saturated carbocycles. The lowest BCUT2D eigenvalue weighted by atomic mass is 10.6. The summed E-state index contributed by atoms with van der Waals surface area (Å²) >= 11 is 0. The Hall–Kier alpha value is -1.39. The molecule has 0 spiro atoms. The average Bonchev–Trinajstić information content (AvgIpc) is 2.18. The fourth-order valence-corrected chi connectivity index (χ4v) is 0.464. The zero-order valence-electron chi connectivity index (χ0n) is 4.86. The number of hydrogen-bond donors (Lipinski definition) is 1. The molecule has 0 atom stereocenters. The van der Waals surface area contributed by atoms with Crippen LogP contribution < -0.4 is 5.73 Å². The van der Waals surface area contributed by atoms with Crippen molar-refractivity contribution in [1.82, 2.24) is 20.2 Å². The van der Waals surface area contributed by atoms with E-state index in [1.807, 2.05) is 0 Å². The molecular weight excluding hydrogens is 118 g/mol. The highest BCUT2D eigenvalue weighted by Crippen LogP contribution is 1.89. The van der Waals surface area contributed by atoms with Crippen molar-refractivity contribution < 1.29 is 0 Å². The predicted molar refractivity (Wildman–Crippen MR) is 32.4 cm³/mol. The number of nitrogens with zero attached hydrogens (tertiary/aromatic N) is 4. The van der Waals surface area contributed by atoms with Crippen LogP contribution in [0.15, 0.2) is 12.7 Å². The molecule has 0 aliphatic heterocycles. The Morgan fingerprint density at radius 2 is 2.56 bits per heavy atom. The highest BCUT2D eigenvalue weighted by molar-refractivity contribution is 5.10. The van der Waals surface area contributed by atoms with Gasteiger partial charge in [-0.2, -0.15) is 0 Å². The van der Waals surface area contributed by atoms with Gasteiger partial charge in [0, 0.05) is 0 Å². The van der Waals surface area contributed by atoms with E-state index in [4.69, 9.17) is 5.73 Å². The first-order valence-electron chi connectivity index (χ1n) is 2.47. The van der Waals surface area contributed by atoms with Crippen LogP contribution in [0.4, 0.5) is 5.95 Å². The van der Waals surface area contributed by atoms with Crippen LogP contribution >= 0.6 is 0 Å². The molecule has 0 unspecified atom stereocenters. The summed E-state index contributed by atoms with van der Waals surface area (Å²) in [5.41, 5.74) is 5.31. The van der Waals surface area contributed by atoms with Gasteiger partial charge in [-0.1, -0.05) is 11.2 Å². The van der Waals surface area contributed by atoms with Gasteiger partial charge in [-0.3, -0.25) is 0 Å². The zero-order chi connectivity index (χ0) is 6.69. The number of hydrogen-bond acceptors (Lipinski definition) is 4. The molecule has 0 aliphatic rings. The largest absolute Gasteiger partial charge is 0.367 e. The van der Waals surface area contributed by atoms with Gasteiger partial charge in [-0.25, -0.2) is 4.68 Å². The minimum absolute atomic E-state index is 0.315. The van der Waals surface area contributed by atoms with E-state index in [-0.39, 0.29) is 0 Å². The van der Waals surface area contributed by atoms with E-state index in [0.29, 0.717) is 12.5 Å². The summed E-state index contributed by atoms with van der Waals surface area (Å²) in [6, 6.07) is 0. The second-order valence-corrected chi connectivity index (χ2v) is 1.51. The molecule has 9 heavy (non-hydrogen) atoms. The van der Waals surface area contributed by atoms with Crippen molar-refractivity contribution in [3.63, 3.8) is 0 Å². The van der Waals surface area contributed by atoms with Gasteiger partial charge in [0.1, 0.15) is 0 Å². The number of rotatable bonds is 2. The Bertz CT molecular complexity index is 202. The smallest absolute Gasteiger partial charge is 0.240 e. The Balaban J connectivity index is 2.80. The molecule has 0 radical (unpaired) electrons. The maximum absolute atomic E-state index is 5.31. The van der Waals surface area contributed by atoms with Crippen LogP contribution in [0.25, 0.3) is 0 Å². The maximum Gasteiger partial charge on any atom is 0.240 e. The molecule has 1 aromatic rings. The Morgan fingerprint density at radius 3 is 3.00 bits per heavy atom. The molecule has 1 rings (SSSR count). The van der Waals surface area contributed by atoms with Gasteiger partial charge < -0.3 is 5.73 Å². The summed E-state index contributed by atoms with van der Waals surface area (Å²) in [5, 5.41) is 10.4. The molecule has 0 amide bonds. The first-order valence-corrected chi connectivity index (χ1v) is 2.47. The van der Waals surface area contributed by atoms with Crippen molar-refractivity contribution in [2.45, 2.75) is 6.54 Å². The van der Waals surface area contributed by atoms with Crippen LogP contribution in [0.3, 0.4) is 0 Å². The molecule has 1 heterocycles. The zero-order valence-corrected chi connectivity index (χ0v) is 4.86. The number of nitrogen functional groups attached to an aromatic ring is 1. The van der Waals surface area contributed by atoms with Gasteiger partial charge in [0.05, 0.1) is 6.54 Å². The second kappa shape index (κ2) is 2.25. The van der Waals surface area contributed by atoms with Gasteiger partial charge in [-0.15, -0.1) is 6.58 Å². The summed E-state index contributed by atoms with van der Waals surface area (Å²) in [4.78, 5) is 0. The minimum atomic E-state index is 0.315. The van der Waals surface area contributed by atoms with E-state index in [9.17, 15) is 0 Å². The third-order valence-electron chi connectivity index (χ3n) is 0.862. The van der Waals surface area contributed by atoms with Crippen LogP contribution in [0.2, 0.25) is 0 Å². The third kappa shape index (κ3) is 1.04. The van der Waals surface area contributed by atoms with E-state index >= 15 is 0 Å². The lowest BCUT2D eigenvalue weighted by molar-refractivity contribution is 0.667. The highest BCUT2D eigenvalue weighted by Gasteiger charge is 1.94.